The van der Waals surface area contributed by atoms with Gasteiger partial charge in [0.15, 0.2) is 0 Å². The Morgan fingerprint density at radius 2 is 1.66 bits per heavy atom. The van der Waals surface area contributed by atoms with Crippen LogP contribution in [0.3, 0.4) is 0 Å². The van der Waals surface area contributed by atoms with Gasteiger partial charge in [-0.3, -0.25) is 19.2 Å². The number of nitrogens with two attached hydrogens (primary N) is 1. The third kappa shape index (κ3) is 9.41. The Hall–Kier alpha value is -3.38. The first kappa shape index (κ1) is 27.9. The van der Waals surface area contributed by atoms with Crippen molar-refractivity contribution in [3.8, 4) is 0 Å². The zero-order valence-electron chi connectivity index (χ0n) is 19.7. The minimum atomic E-state index is -1.21. The summed E-state index contributed by atoms with van der Waals surface area (Å²) >= 11 is 1.56. The van der Waals surface area contributed by atoms with Crippen LogP contribution in [0.15, 0.2) is 42.9 Å². The van der Waals surface area contributed by atoms with Crippen LogP contribution in [-0.2, 0) is 32.0 Å². The molecular weight excluding hydrogens is 472 g/mol. The molecule has 2 aromatic rings. The van der Waals surface area contributed by atoms with E-state index in [1.54, 1.807) is 11.8 Å². The number of benzene rings is 1. The van der Waals surface area contributed by atoms with E-state index in [9.17, 15) is 19.2 Å². The second kappa shape index (κ2) is 14.1. The lowest BCUT2D eigenvalue weighted by atomic mass is 10.0. The Labute approximate surface area is 208 Å². The highest BCUT2D eigenvalue weighted by Gasteiger charge is 2.30. The maximum absolute atomic E-state index is 13.3. The molecule has 2 rings (SSSR count). The van der Waals surface area contributed by atoms with Crippen LogP contribution in [0, 0.1) is 0 Å². The van der Waals surface area contributed by atoms with Crippen LogP contribution in [-0.4, -0.2) is 74.9 Å². The summed E-state index contributed by atoms with van der Waals surface area (Å²) in [5.74, 6) is -2.26. The van der Waals surface area contributed by atoms with E-state index in [0.717, 1.165) is 5.56 Å². The van der Waals surface area contributed by atoms with Gasteiger partial charge in [-0.15, -0.1) is 0 Å². The molecule has 0 aliphatic rings. The highest BCUT2D eigenvalue weighted by atomic mass is 32.2. The summed E-state index contributed by atoms with van der Waals surface area (Å²) in [5, 5.41) is 16.9. The Kier molecular flexibility index (Phi) is 11.2. The summed E-state index contributed by atoms with van der Waals surface area (Å²) in [6.07, 6.45) is 5.51. The average molecular weight is 505 g/mol. The van der Waals surface area contributed by atoms with Gasteiger partial charge in [-0.2, -0.15) is 11.8 Å². The number of hydrogen-bond acceptors (Lipinski definition) is 7. The molecule has 1 aromatic carbocycles. The number of nitrogens with one attached hydrogen (secondary N) is 4. The van der Waals surface area contributed by atoms with Crippen LogP contribution < -0.4 is 21.7 Å². The van der Waals surface area contributed by atoms with Crippen molar-refractivity contribution >= 4 is 35.5 Å². The van der Waals surface area contributed by atoms with E-state index in [0.29, 0.717) is 17.9 Å². The number of carbonyl (C=O) groups is 4. The van der Waals surface area contributed by atoms with Crippen molar-refractivity contribution in [3.63, 3.8) is 0 Å². The van der Waals surface area contributed by atoms with Gasteiger partial charge in [-0.1, -0.05) is 30.3 Å². The van der Waals surface area contributed by atoms with Crippen LogP contribution in [0.4, 0.5) is 0 Å². The number of thioether (sulfide) groups is 1. The normalized spacial score (nSPS) is 14.3. The third-order valence-electron chi connectivity index (χ3n) is 5.23. The molecule has 0 radical (unpaired) electrons. The number of nitrogens with zero attached hydrogens (tertiary/aromatic N) is 1. The van der Waals surface area contributed by atoms with Crippen molar-refractivity contribution in [2.75, 3.05) is 12.0 Å². The number of carboxylic acid groups (broad SMARTS) is 1. The van der Waals surface area contributed by atoms with Crippen LogP contribution in [0.5, 0.6) is 0 Å². The Morgan fingerprint density at radius 1 is 1.03 bits per heavy atom. The van der Waals surface area contributed by atoms with Gasteiger partial charge < -0.3 is 31.8 Å². The van der Waals surface area contributed by atoms with Crippen molar-refractivity contribution in [3.05, 3.63) is 54.1 Å². The molecule has 1 heterocycles. The maximum atomic E-state index is 13.3. The minimum absolute atomic E-state index is 0.0448. The van der Waals surface area contributed by atoms with E-state index >= 15 is 0 Å². The molecule has 4 unspecified atom stereocenters. The molecule has 3 amide bonds. The first-order valence-electron chi connectivity index (χ1n) is 11.1. The number of aromatic amines is 1. The summed E-state index contributed by atoms with van der Waals surface area (Å²) in [4.78, 5) is 56.7. The van der Waals surface area contributed by atoms with Gasteiger partial charge in [-0.05, 0) is 30.9 Å². The maximum Gasteiger partial charge on any atom is 0.325 e. The van der Waals surface area contributed by atoms with Crippen LogP contribution in [0.2, 0.25) is 0 Å². The summed E-state index contributed by atoms with van der Waals surface area (Å²) < 4.78 is 0. The number of rotatable bonds is 14. The van der Waals surface area contributed by atoms with Gasteiger partial charge in [0.25, 0.3) is 0 Å². The molecule has 1 aromatic heterocycles. The van der Waals surface area contributed by atoms with E-state index in [1.165, 1.54) is 19.4 Å². The van der Waals surface area contributed by atoms with Crippen molar-refractivity contribution in [1.29, 1.82) is 0 Å². The number of carboxylic acids is 1. The largest absolute Gasteiger partial charge is 0.480 e. The van der Waals surface area contributed by atoms with Gasteiger partial charge >= 0.3 is 5.97 Å². The van der Waals surface area contributed by atoms with Crippen molar-refractivity contribution in [2.45, 2.75) is 50.4 Å². The molecule has 190 valence electrons. The van der Waals surface area contributed by atoms with E-state index in [4.69, 9.17) is 10.8 Å². The zero-order chi connectivity index (χ0) is 25.8. The predicted molar refractivity (Wildman–Crippen MR) is 133 cm³/mol. The van der Waals surface area contributed by atoms with Crippen molar-refractivity contribution in [1.82, 2.24) is 25.9 Å². The number of hydrogen-bond donors (Lipinski definition) is 6. The number of aliphatic carboxylic acids is 1. The molecule has 0 aliphatic heterocycles. The molecule has 4 atom stereocenters. The van der Waals surface area contributed by atoms with Crippen LogP contribution in [0.25, 0.3) is 0 Å². The van der Waals surface area contributed by atoms with Crippen LogP contribution in [0.1, 0.15) is 24.6 Å². The molecular formula is C23H32N6O5S. The number of imidazole rings is 1. The molecule has 0 aliphatic carbocycles. The molecule has 0 fully saturated rings. The molecule has 7 N–H and O–H groups in total. The highest BCUT2D eigenvalue weighted by molar-refractivity contribution is 7.98. The summed E-state index contributed by atoms with van der Waals surface area (Å²) in [6.45, 7) is 1.32. The van der Waals surface area contributed by atoms with Crippen molar-refractivity contribution in [2.24, 2.45) is 5.73 Å². The number of amides is 3. The number of aromatic nitrogens is 2. The topological polar surface area (TPSA) is 179 Å². The van der Waals surface area contributed by atoms with Gasteiger partial charge in [0.2, 0.25) is 17.7 Å². The third-order valence-corrected chi connectivity index (χ3v) is 5.87. The van der Waals surface area contributed by atoms with Gasteiger partial charge in [0.05, 0.1) is 12.4 Å². The van der Waals surface area contributed by atoms with E-state index in [1.807, 2.05) is 36.6 Å². The molecule has 0 saturated heterocycles. The fourth-order valence-electron chi connectivity index (χ4n) is 3.19. The highest BCUT2D eigenvalue weighted by Crippen LogP contribution is 2.07. The van der Waals surface area contributed by atoms with Crippen LogP contribution >= 0.6 is 11.8 Å². The first-order valence-corrected chi connectivity index (χ1v) is 12.5. The Morgan fingerprint density at radius 3 is 2.26 bits per heavy atom. The Balaban J connectivity index is 2.21. The van der Waals surface area contributed by atoms with E-state index in [2.05, 4.69) is 25.9 Å². The molecule has 11 nitrogen and oxygen atoms in total. The standard InChI is InChI=1S/C23H32N6O5S/c1-14(23(33)34)27-21(31)19(11-16-12-25-13-26-16)29-22(32)18(10-15-6-4-3-5-7-15)28-20(30)17(24)8-9-35-2/h3-7,12-14,17-19H,8-11,24H2,1-2H3,(H,25,26)(H,27,31)(H,28,30)(H,29,32)(H,33,34). The van der Waals surface area contributed by atoms with Crippen molar-refractivity contribution < 1.29 is 24.3 Å². The van der Waals surface area contributed by atoms with Gasteiger partial charge in [0, 0.05) is 24.7 Å². The fraction of sp³-hybridized carbons (Fsp3) is 0.435. The molecule has 0 spiro atoms. The molecule has 35 heavy (non-hydrogen) atoms. The van der Waals surface area contributed by atoms with Gasteiger partial charge in [0.1, 0.15) is 18.1 Å². The monoisotopic (exact) mass is 504 g/mol. The zero-order valence-corrected chi connectivity index (χ0v) is 20.5. The smallest absolute Gasteiger partial charge is 0.325 e. The lowest BCUT2D eigenvalue weighted by molar-refractivity contribution is -0.141. The Bertz CT molecular complexity index is 972. The average Bonchev–Trinajstić information content (AvgIpc) is 3.35. The quantitative estimate of drug-likeness (QED) is 0.205. The van der Waals surface area contributed by atoms with E-state index < -0.39 is 47.9 Å². The van der Waals surface area contributed by atoms with E-state index in [-0.39, 0.29) is 12.8 Å². The summed E-state index contributed by atoms with van der Waals surface area (Å²) in [6, 6.07) is 5.07. The minimum Gasteiger partial charge on any atom is -0.480 e. The second-order valence-electron chi connectivity index (χ2n) is 8.05. The number of H-pyrrole nitrogens is 1. The second-order valence-corrected chi connectivity index (χ2v) is 9.04. The molecule has 0 bridgehead atoms. The number of carbonyl (C=O) groups excluding carboxylic acids is 3. The fourth-order valence-corrected chi connectivity index (χ4v) is 3.68. The summed E-state index contributed by atoms with van der Waals surface area (Å²) in [7, 11) is 0. The SMILES string of the molecule is CSCCC(N)C(=O)NC(Cc1ccccc1)C(=O)NC(Cc1cnc[nH]1)C(=O)NC(C)C(=O)O. The summed E-state index contributed by atoms with van der Waals surface area (Å²) in [5.41, 5.74) is 7.35. The molecule has 0 saturated carbocycles. The lowest BCUT2D eigenvalue weighted by Gasteiger charge is -2.24. The lowest BCUT2D eigenvalue weighted by Crippen LogP contribution is -2.58. The predicted octanol–water partition coefficient (Wildman–Crippen LogP) is -0.166. The first-order chi connectivity index (χ1) is 16.7. The van der Waals surface area contributed by atoms with Gasteiger partial charge in [-0.25, -0.2) is 4.98 Å². The molecule has 12 heteroatoms.